The quantitative estimate of drug-likeness (QED) is 0.858. The van der Waals surface area contributed by atoms with Crippen molar-refractivity contribution in [2.45, 2.75) is 32.2 Å². The van der Waals surface area contributed by atoms with E-state index in [-0.39, 0.29) is 6.03 Å². The highest BCUT2D eigenvalue weighted by Gasteiger charge is 2.16. The van der Waals surface area contributed by atoms with E-state index in [0.717, 1.165) is 38.2 Å². The predicted octanol–water partition coefficient (Wildman–Crippen LogP) is 1.77. The second-order valence-electron chi connectivity index (χ2n) is 4.43. The average molecular weight is 252 g/mol. The van der Waals surface area contributed by atoms with Crippen LogP contribution in [-0.4, -0.2) is 35.6 Å². The Morgan fingerprint density at radius 2 is 2.33 bits per heavy atom. The molecule has 1 aliphatic heterocycles. The number of ether oxygens (including phenoxy) is 1. The van der Waals surface area contributed by atoms with E-state index < -0.39 is 0 Å². The predicted molar refractivity (Wildman–Crippen MR) is 68.6 cm³/mol. The number of aromatic nitrogens is 2. The number of nitrogens with one attached hydrogen (secondary N) is 2. The maximum absolute atomic E-state index is 11.5. The van der Waals surface area contributed by atoms with E-state index in [9.17, 15) is 4.79 Å². The van der Waals surface area contributed by atoms with Gasteiger partial charge in [0.2, 0.25) is 0 Å². The Morgan fingerprint density at radius 1 is 1.56 bits per heavy atom. The summed E-state index contributed by atoms with van der Waals surface area (Å²) in [5.41, 5.74) is 0.732. The molecular weight excluding hydrogens is 232 g/mol. The van der Waals surface area contributed by atoms with Crippen LogP contribution in [0.5, 0.6) is 0 Å². The molecule has 1 aromatic rings. The minimum atomic E-state index is -0.177. The summed E-state index contributed by atoms with van der Waals surface area (Å²) in [7, 11) is 0. The van der Waals surface area contributed by atoms with E-state index in [1.54, 1.807) is 6.20 Å². The molecule has 0 saturated carbocycles. The first-order valence-corrected chi connectivity index (χ1v) is 6.46. The number of carbonyl (C=O) groups is 1. The fourth-order valence-corrected chi connectivity index (χ4v) is 1.97. The molecule has 0 atom stereocenters. The Labute approximate surface area is 107 Å². The highest BCUT2D eigenvalue weighted by atomic mass is 16.5. The summed E-state index contributed by atoms with van der Waals surface area (Å²) in [4.78, 5) is 11.5. The molecule has 2 heterocycles. The van der Waals surface area contributed by atoms with Crippen molar-refractivity contribution in [2.24, 2.45) is 0 Å². The molecule has 1 saturated heterocycles. The Balaban J connectivity index is 1.87. The average Bonchev–Trinajstić information content (AvgIpc) is 2.86. The molecule has 0 aromatic carbocycles. The molecule has 0 aliphatic carbocycles. The van der Waals surface area contributed by atoms with E-state index in [4.69, 9.17) is 4.74 Å². The number of rotatable bonds is 4. The largest absolute Gasteiger partial charge is 0.381 e. The third-order valence-electron chi connectivity index (χ3n) is 2.96. The molecule has 1 aliphatic rings. The summed E-state index contributed by atoms with van der Waals surface area (Å²) in [5.74, 6) is 0. The van der Waals surface area contributed by atoms with Crippen molar-refractivity contribution in [3.05, 3.63) is 12.4 Å². The highest BCUT2D eigenvalue weighted by Crippen LogP contribution is 2.21. The Morgan fingerprint density at radius 3 is 3.06 bits per heavy atom. The van der Waals surface area contributed by atoms with Gasteiger partial charge in [-0.25, -0.2) is 4.79 Å². The topological polar surface area (TPSA) is 68.2 Å². The summed E-state index contributed by atoms with van der Waals surface area (Å²) in [6.45, 7) is 4.26. The fourth-order valence-electron chi connectivity index (χ4n) is 1.97. The lowest BCUT2D eigenvalue weighted by Gasteiger charge is -2.22. The van der Waals surface area contributed by atoms with Crippen LogP contribution in [0.15, 0.2) is 12.4 Å². The second kappa shape index (κ2) is 6.39. The van der Waals surface area contributed by atoms with Crippen LogP contribution >= 0.6 is 0 Å². The number of urea groups is 1. The van der Waals surface area contributed by atoms with Crippen molar-refractivity contribution >= 4 is 11.7 Å². The van der Waals surface area contributed by atoms with Crippen molar-refractivity contribution in [2.75, 3.05) is 25.1 Å². The maximum Gasteiger partial charge on any atom is 0.319 e. The highest BCUT2D eigenvalue weighted by molar-refractivity contribution is 5.88. The van der Waals surface area contributed by atoms with Gasteiger partial charge in [-0.2, -0.15) is 5.10 Å². The normalized spacial score (nSPS) is 16.5. The van der Waals surface area contributed by atoms with Crippen LogP contribution in [0.1, 0.15) is 32.2 Å². The van der Waals surface area contributed by atoms with Gasteiger partial charge in [-0.15, -0.1) is 0 Å². The zero-order chi connectivity index (χ0) is 12.8. The Bertz CT molecular complexity index is 385. The lowest BCUT2D eigenvalue weighted by atomic mass is 10.1. The maximum atomic E-state index is 11.5. The van der Waals surface area contributed by atoms with Crippen LogP contribution in [0.4, 0.5) is 10.5 Å². The van der Waals surface area contributed by atoms with Crippen molar-refractivity contribution < 1.29 is 9.53 Å². The van der Waals surface area contributed by atoms with E-state index in [1.165, 1.54) is 0 Å². The van der Waals surface area contributed by atoms with Gasteiger partial charge in [0.15, 0.2) is 0 Å². The molecule has 0 spiro atoms. The zero-order valence-electron chi connectivity index (χ0n) is 10.7. The number of carbonyl (C=O) groups excluding carboxylic acids is 1. The van der Waals surface area contributed by atoms with E-state index >= 15 is 0 Å². The molecule has 6 nitrogen and oxygen atoms in total. The number of hydrogen-bond donors (Lipinski definition) is 2. The van der Waals surface area contributed by atoms with Crippen LogP contribution in [0, 0.1) is 0 Å². The summed E-state index contributed by atoms with van der Waals surface area (Å²) < 4.78 is 7.23. The molecule has 2 rings (SSSR count). The minimum Gasteiger partial charge on any atom is -0.381 e. The number of hydrogen-bond acceptors (Lipinski definition) is 3. The minimum absolute atomic E-state index is 0.177. The molecule has 0 unspecified atom stereocenters. The van der Waals surface area contributed by atoms with Crippen LogP contribution in [0.2, 0.25) is 0 Å². The Kier molecular flexibility index (Phi) is 4.58. The molecule has 100 valence electrons. The van der Waals surface area contributed by atoms with Gasteiger partial charge in [-0.05, 0) is 19.3 Å². The number of anilines is 1. The third kappa shape index (κ3) is 3.46. The lowest BCUT2D eigenvalue weighted by Crippen LogP contribution is -2.29. The second-order valence-corrected chi connectivity index (χ2v) is 4.43. The van der Waals surface area contributed by atoms with Crippen LogP contribution in [0.3, 0.4) is 0 Å². The van der Waals surface area contributed by atoms with Gasteiger partial charge in [0.1, 0.15) is 0 Å². The van der Waals surface area contributed by atoms with Gasteiger partial charge in [0.05, 0.1) is 17.9 Å². The molecule has 1 aromatic heterocycles. The first-order valence-electron chi connectivity index (χ1n) is 6.46. The van der Waals surface area contributed by atoms with Crippen molar-refractivity contribution in [1.82, 2.24) is 15.1 Å². The number of amides is 2. The van der Waals surface area contributed by atoms with Crippen LogP contribution < -0.4 is 10.6 Å². The van der Waals surface area contributed by atoms with Crippen molar-refractivity contribution in [3.63, 3.8) is 0 Å². The SMILES string of the molecule is CCCNC(=O)Nc1cnn(C2CCOCC2)c1. The Hall–Kier alpha value is -1.56. The fraction of sp³-hybridized carbons (Fsp3) is 0.667. The molecule has 1 fully saturated rings. The summed E-state index contributed by atoms with van der Waals surface area (Å²) in [6, 6.07) is 0.205. The van der Waals surface area contributed by atoms with Gasteiger partial charge < -0.3 is 15.4 Å². The molecule has 18 heavy (non-hydrogen) atoms. The molecule has 2 amide bonds. The van der Waals surface area contributed by atoms with E-state index in [1.807, 2.05) is 17.8 Å². The first-order chi connectivity index (χ1) is 8.79. The molecule has 2 N–H and O–H groups in total. The van der Waals surface area contributed by atoms with Crippen molar-refractivity contribution in [1.29, 1.82) is 0 Å². The summed E-state index contributed by atoms with van der Waals surface area (Å²) >= 11 is 0. The zero-order valence-corrected chi connectivity index (χ0v) is 10.7. The van der Waals surface area contributed by atoms with Gasteiger partial charge in [0.25, 0.3) is 0 Å². The molecular formula is C12H20N4O2. The number of nitrogens with zero attached hydrogens (tertiary/aromatic N) is 2. The summed E-state index contributed by atoms with van der Waals surface area (Å²) in [6.07, 6.45) is 6.43. The molecule has 6 heteroatoms. The lowest BCUT2D eigenvalue weighted by molar-refractivity contribution is 0.0662. The van der Waals surface area contributed by atoms with Gasteiger partial charge in [0, 0.05) is 26.0 Å². The van der Waals surface area contributed by atoms with Crippen LogP contribution in [0.25, 0.3) is 0 Å². The smallest absolute Gasteiger partial charge is 0.319 e. The first kappa shape index (κ1) is 12.9. The van der Waals surface area contributed by atoms with Crippen LogP contribution in [-0.2, 0) is 4.74 Å². The molecule has 0 radical (unpaired) electrons. The van der Waals surface area contributed by atoms with Gasteiger partial charge in [-0.3, -0.25) is 4.68 Å². The van der Waals surface area contributed by atoms with E-state index in [0.29, 0.717) is 12.6 Å². The van der Waals surface area contributed by atoms with Crippen molar-refractivity contribution in [3.8, 4) is 0 Å². The standard InChI is InChI=1S/C12H20N4O2/c1-2-5-13-12(17)15-10-8-14-16(9-10)11-3-6-18-7-4-11/h8-9,11H,2-7H2,1H3,(H2,13,15,17). The van der Waals surface area contributed by atoms with Gasteiger partial charge in [-0.1, -0.05) is 6.92 Å². The van der Waals surface area contributed by atoms with Gasteiger partial charge >= 0.3 is 6.03 Å². The molecule has 0 bridgehead atoms. The summed E-state index contributed by atoms with van der Waals surface area (Å²) in [5, 5.41) is 9.83. The third-order valence-corrected chi connectivity index (χ3v) is 2.96. The monoisotopic (exact) mass is 252 g/mol. The van der Waals surface area contributed by atoms with E-state index in [2.05, 4.69) is 15.7 Å².